The molecule has 2 fully saturated rings. The first-order chi connectivity index (χ1) is 14.8. The minimum absolute atomic E-state index is 0.761. The third kappa shape index (κ3) is 7.84. The molecule has 0 amide bonds. The van der Waals surface area contributed by atoms with E-state index in [1.54, 1.807) is 0 Å². The monoisotopic (exact) mass is 408 g/mol. The Morgan fingerprint density at radius 1 is 0.567 bits per heavy atom. The largest absolute Gasteiger partial charge is 0.330 e. The van der Waals surface area contributed by atoms with Crippen LogP contribution in [-0.4, -0.2) is 49.1 Å². The second-order valence-corrected chi connectivity index (χ2v) is 8.88. The number of nitrogens with zero attached hydrogens (tertiary/aromatic N) is 2. The van der Waals surface area contributed by atoms with Crippen molar-refractivity contribution < 1.29 is 0 Å². The van der Waals surface area contributed by atoms with Gasteiger partial charge in [0, 0.05) is 13.1 Å². The van der Waals surface area contributed by atoms with Gasteiger partial charge in [0.05, 0.1) is 0 Å². The maximum Gasteiger partial charge on any atom is 0.0233 e. The van der Waals surface area contributed by atoms with E-state index < -0.39 is 0 Å². The SMILES string of the molecule is NCC1CCN(Cc2ccccc2)CC1.NCC1CCN(Cc2ccccc2)CC1. The van der Waals surface area contributed by atoms with Gasteiger partial charge in [-0.2, -0.15) is 0 Å². The Morgan fingerprint density at radius 2 is 0.900 bits per heavy atom. The zero-order chi connectivity index (χ0) is 21.0. The van der Waals surface area contributed by atoms with E-state index in [2.05, 4.69) is 70.5 Å². The van der Waals surface area contributed by atoms with Crippen molar-refractivity contribution in [1.82, 2.24) is 9.80 Å². The van der Waals surface area contributed by atoms with E-state index >= 15 is 0 Å². The molecule has 2 saturated heterocycles. The number of hydrogen-bond donors (Lipinski definition) is 2. The van der Waals surface area contributed by atoms with Gasteiger partial charge >= 0.3 is 0 Å². The predicted octanol–water partition coefficient (Wildman–Crippen LogP) is 3.71. The van der Waals surface area contributed by atoms with Crippen LogP contribution in [0.4, 0.5) is 0 Å². The fourth-order valence-electron chi connectivity index (χ4n) is 4.44. The van der Waals surface area contributed by atoms with E-state index in [0.29, 0.717) is 0 Å². The van der Waals surface area contributed by atoms with Gasteiger partial charge in [0.15, 0.2) is 0 Å². The minimum Gasteiger partial charge on any atom is -0.330 e. The molecular weight excluding hydrogens is 368 g/mol. The van der Waals surface area contributed by atoms with Gasteiger partial charge < -0.3 is 11.5 Å². The molecule has 2 heterocycles. The lowest BCUT2D eigenvalue weighted by molar-refractivity contribution is 0.180. The Bertz CT molecular complexity index is 613. The summed E-state index contributed by atoms with van der Waals surface area (Å²) in [5, 5.41) is 0. The molecule has 4 nitrogen and oxygen atoms in total. The lowest BCUT2D eigenvalue weighted by Gasteiger charge is -2.31. The molecule has 2 aromatic carbocycles. The quantitative estimate of drug-likeness (QED) is 0.765. The van der Waals surface area contributed by atoms with Crippen molar-refractivity contribution in [3.8, 4) is 0 Å². The third-order valence-electron chi connectivity index (χ3n) is 6.58. The normalized spacial score (nSPS) is 19.3. The van der Waals surface area contributed by atoms with Crippen molar-refractivity contribution >= 4 is 0 Å². The average Bonchev–Trinajstić information content (AvgIpc) is 2.82. The Hall–Kier alpha value is -1.72. The van der Waals surface area contributed by atoms with Gasteiger partial charge in [0.2, 0.25) is 0 Å². The maximum absolute atomic E-state index is 5.68. The van der Waals surface area contributed by atoms with Gasteiger partial charge in [-0.1, -0.05) is 60.7 Å². The number of likely N-dealkylation sites (tertiary alicyclic amines) is 2. The average molecular weight is 409 g/mol. The Labute approximate surface area is 183 Å². The minimum atomic E-state index is 0.761. The molecule has 0 aromatic heterocycles. The summed E-state index contributed by atoms with van der Waals surface area (Å²) in [6.07, 6.45) is 5.07. The number of nitrogens with two attached hydrogens (primary N) is 2. The van der Waals surface area contributed by atoms with Gasteiger partial charge in [-0.15, -0.1) is 0 Å². The lowest BCUT2D eigenvalue weighted by atomic mass is 9.97. The first-order valence-electron chi connectivity index (χ1n) is 11.7. The summed E-state index contributed by atoms with van der Waals surface area (Å²) in [4.78, 5) is 5.06. The summed E-state index contributed by atoms with van der Waals surface area (Å²) in [7, 11) is 0. The first kappa shape index (κ1) is 23.0. The van der Waals surface area contributed by atoms with Gasteiger partial charge in [0.25, 0.3) is 0 Å². The van der Waals surface area contributed by atoms with Crippen molar-refractivity contribution in [1.29, 1.82) is 0 Å². The summed E-state index contributed by atoms with van der Waals surface area (Å²) in [5.41, 5.74) is 14.2. The van der Waals surface area contributed by atoms with E-state index in [0.717, 1.165) is 38.0 Å². The molecule has 0 bridgehead atoms. The lowest BCUT2D eigenvalue weighted by Crippen LogP contribution is -2.35. The van der Waals surface area contributed by atoms with Crippen LogP contribution < -0.4 is 11.5 Å². The molecule has 0 unspecified atom stereocenters. The highest BCUT2D eigenvalue weighted by Crippen LogP contribution is 2.18. The molecule has 4 rings (SSSR count). The zero-order valence-electron chi connectivity index (χ0n) is 18.5. The van der Waals surface area contributed by atoms with E-state index in [-0.39, 0.29) is 0 Å². The smallest absolute Gasteiger partial charge is 0.0233 e. The molecule has 0 atom stereocenters. The van der Waals surface area contributed by atoms with Gasteiger partial charge in [-0.05, 0) is 87.9 Å². The van der Waals surface area contributed by atoms with E-state index in [4.69, 9.17) is 11.5 Å². The molecule has 30 heavy (non-hydrogen) atoms. The molecule has 0 spiro atoms. The standard InChI is InChI=1S/2C13H20N2/c2*14-10-12-6-8-15(9-7-12)11-13-4-2-1-3-5-13/h2*1-5,12H,6-11,14H2. The molecule has 0 aliphatic carbocycles. The molecule has 4 N–H and O–H groups in total. The van der Waals surface area contributed by atoms with Crippen molar-refractivity contribution in [2.75, 3.05) is 39.3 Å². The third-order valence-corrected chi connectivity index (χ3v) is 6.58. The van der Waals surface area contributed by atoms with Crippen molar-refractivity contribution in [3.63, 3.8) is 0 Å². The second-order valence-electron chi connectivity index (χ2n) is 8.88. The van der Waals surface area contributed by atoms with Gasteiger partial charge in [-0.25, -0.2) is 0 Å². The molecule has 2 aliphatic heterocycles. The number of hydrogen-bond acceptors (Lipinski definition) is 4. The molecular formula is C26H40N4. The van der Waals surface area contributed by atoms with Gasteiger partial charge in [-0.3, -0.25) is 9.80 Å². The van der Waals surface area contributed by atoms with Crippen LogP contribution in [0.25, 0.3) is 0 Å². The number of piperidine rings is 2. The molecule has 2 aliphatic rings. The Balaban J connectivity index is 0.000000171. The number of benzene rings is 2. The molecule has 4 heteroatoms. The first-order valence-corrected chi connectivity index (χ1v) is 11.7. The van der Waals surface area contributed by atoms with Crippen LogP contribution in [0.3, 0.4) is 0 Å². The molecule has 0 radical (unpaired) electrons. The van der Waals surface area contributed by atoms with Crippen LogP contribution in [0.5, 0.6) is 0 Å². The Morgan fingerprint density at radius 3 is 1.20 bits per heavy atom. The van der Waals surface area contributed by atoms with Gasteiger partial charge in [0.1, 0.15) is 0 Å². The van der Waals surface area contributed by atoms with Crippen LogP contribution in [0.2, 0.25) is 0 Å². The van der Waals surface area contributed by atoms with Crippen LogP contribution in [-0.2, 0) is 13.1 Å². The van der Waals surface area contributed by atoms with Crippen molar-refractivity contribution in [3.05, 3.63) is 71.8 Å². The summed E-state index contributed by atoms with van der Waals surface area (Å²) >= 11 is 0. The summed E-state index contributed by atoms with van der Waals surface area (Å²) in [5.74, 6) is 1.52. The molecule has 0 saturated carbocycles. The van der Waals surface area contributed by atoms with Crippen molar-refractivity contribution in [2.45, 2.75) is 38.8 Å². The van der Waals surface area contributed by atoms with E-state index in [9.17, 15) is 0 Å². The summed E-state index contributed by atoms with van der Waals surface area (Å²) < 4.78 is 0. The second kappa shape index (κ2) is 12.9. The Kier molecular flexibility index (Phi) is 9.84. The highest BCUT2D eigenvalue weighted by molar-refractivity contribution is 5.15. The number of rotatable bonds is 6. The van der Waals surface area contributed by atoms with E-state index in [1.807, 2.05) is 0 Å². The van der Waals surface area contributed by atoms with Crippen LogP contribution in [0.1, 0.15) is 36.8 Å². The van der Waals surface area contributed by atoms with Crippen LogP contribution in [0.15, 0.2) is 60.7 Å². The van der Waals surface area contributed by atoms with Crippen LogP contribution >= 0.6 is 0 Å². The fourth-order valence-corrected chi connectivity index (χ4v) is 4.44. The fraction of sp³-hybridized carbons (Fsp3) is 0.538. The topological polar surface area (TPSA) is 58.5 Å². The maximum atomic E-state index is 5.68. The van der Waals surface area contributed by atoms with E-state index in [1.165, 1.54) is 63.0 Å². The predicted molar refractivity (Wildman–Crippen MR) is 127 cm³/mol. The summed E-state index contributed by atoms with van der Waals surface area (Å²) in [6.45, 7) is 8.73. The molecule has 2 aromatic rings. The van der Waals surface area contributed by atoms with Crippen molar-refractivity contribution in [2.24, 2.45) is 23.3 Å². The van der Waals surface area contributed by atoms with Crippen LogP contribution in [0, 0.1) is 11.8 Å². The molecule has 164 valence electrons. The highest BCUT2D eigenvalue weighted by Gasteiger charge is 2.18. The highest BCUT2D eigenvalue weighted by atomic mass is 15.1. The zero-order valence-corrected chi connectivity index (χ0v) is 18.5. The summed E-state index contributed by atoms with van der Waals surface area (Å²) in [6, 6.07) is 21.4.